The average Bonchev–Trinajstić information content (AvgIpc) is 2.25. The van der Waals surface area contributed by atoms with Gasteiger partial charge in [0.25, 0.3) is 5.91 Å². The largest absolute Gasteiger partial charge is 0.478 e. The molecule has 1 rings (SSSR count). The molecule has 0 spiro atoms. The minimum atomic E-state index is -3.22. The van der Waals surface area contributed by atoms with Crippen molar-refractivity contribution in [3.63, 3.8) is 0 Å². The van der Waals surface area contributed by atoms with Gasteiger partial charge in [0.05, 0.1) is 16.9 Å². The summed E-state index contributed by atoms with van der Waals surface area (Å²) in [7, 11) is -3.22. The molecule has 0 fully saturated rings. The predicted octanol–water partition coefficient (Wildman–Crippen LogP) is 1.15. The first kappa shape index (κ1) is 16.9. The Bertz CT molecular complexity index is 641. The zero-order chi connectivity index (χ0) is 15.5. The van der Waals surface area contributed by atoms with E-state index in [1.54, 1.807) is 19.1 Å². The molecule has 6 nitrogen and oxygen atoms in total. The van der Waals surface area contributed by atoms with Gasteiger partial charge in [-0.2, -0.15) is 0 Å². The molecule has 1 aromatic rings. The van der Waals surface area contributed by atoms with Crippen molar-refractivity contribution in [2.45, 2.75) is 13.0 Å². The highest BCUT2D eigenvalue weighted by atomic mass is 127. The molecular formula is C12H14INO5S. The van der Waals surface area contributed by atoms with Crippen LogP contribution >= 0.6 is 22.6 Å². The maximum absolute atomic E-state index is 12.1. The van der Waals surface area contributed by atoms with Gasteiger partial charge in [0, 0.05) is 15.9 Å². The summed E-state index contributed by atoms with van der Waals surface area (Å²) < 4.78 is 22.8. The number of sulfone groups is 1. The van der Waals surface area contributed by atoms with Gasteiger partial charge in [-0.25, -0.2) is 13.2 Å². The molecule has 20 heavy (non-hydrogen) atoms. The molecule has 0 aromatic heterocycles. The average molecular weight is 411 g/mol. The van der Waals surface area contributed by atoms with Crippen LogP contribution in [0.5, 0.6) is 0 Å². The van der Waals surface area contributed by atoms with Crippen molar-refractivity contribution in [3.8, 4) is 0 Å². The molecule has 0 aliphatic carbocycles. The molecule has 0 aliphatic heterocycles. The maximum Gasteiger partial charge on any atom is 0.336 e. The van der Waals surface area contributed by atoms with Gasteiger partial charge < -0.3 is 10.4 Å². The van der Waals surface area contributed by atoms with Gasteiger partial charge in [0.1, 0.15) is 9.84 Å². The summed E-state index contributed by atoms with van der Waals surface area (Å²) >= 11 is 1.87. The highest BCUT2D eigenvalue weighted by molar-refractivity contribution is 14.1. The number of halogens is 1. The number of hydrogen-bond donors (Lipinski definition) is 2. The SMILES string of the molecule is C[C@@H](CS(C)(=O)=O)NC(=O)c1c(I)cccc1C(=O)O. The van der Waals surface area contributed by atoms with Crippen molar-refractivity contribution < 1.29 is 23.1 Å². The molecule has 0 aliphatic rings. The summed E-state index contributed by atoms with van der Waals surface area (Å²) in [6.07, 6.45) is 1.07. The van der Waals surface area contributed by atoms with E-state index in [1.165, 1.54) is 6.07 Å². The van der Waals surface area contributed by atoms with Crippen LogP contribution in [0.3, 0.4) is 0 Å². The van der Waals surface area contributed by atoms with Crippen molar-refractivity contribution in [1.82, 2.24) is 5.32 Å². The molecule has 0 unspecified atom stereocenters. The fourth-order valence-electron chi connectivity index (χ4n) is 1.72. The van der Waals surface area contributed by atoms with E-state index in [1.807, 2.05) is 22.6 Å². The Kier molecular flexibility index (Phi) is 5.51. The van der Waals surface area contributed by atoms with Gasteiger partial charge in [-0.15, -0.1) is 0 Å². The third-order valence-electron chi connectivity index (χ3n) is 2.40. The summed E-state index contributed by atoms with van der Waals surface area (Å²) in [6.45, 7) is 1.55. The van der Waals surface area contributed by atoms with E-state index in [0.29, 0.717) is 3.57 Å². The number of carbonyl (C=O) groups excluding carboxylic acids is 1. The molecule has 0 bridgehead atoms. The van der Waals surface area contributed by atoms with Crippen molar-refractivity contribution in [3.05, 3.63) is 32.9 Å². The Balaban J connectivity index is 3.01. The smallest absolute Gasteiger partial charge is 0.336 e. The Morgan fingerprint density at radius 3 is 2.50 bits per heavy atom. The maximum atomic E-state index is 12.1. The lowest BCUT2D eigenvalue weighted by atomic mass is 10.1. The number of benzene rings is 1. The molecule has 0 saturated carbocycles. The van der Waals surface area contributed by atoms with Gasteiger partial charge in [-0.05, 0) is 41.6 Å². The topological polar surface area (TPSA) is 101 Å². The Labute approximate surface area is 130 Å². The van der Waals surface area contributed by atoms with E-state index in [-0.39, 0.29) is 16.9 Å². The molecule has 8 heteroatoms. The summed E-state index contributed by atoms with van der Waals surface area (Å²) in [4.78, 5) is 23.2. The van der Waals surface area contributed by atoms with Crippen LogP contribution < -0.4 is 5.32 Å². The van der Waals surface area contributed by atoms with Crippen LogP contribution in [0.2, 0.25) is 0 Å². The number of carbonyl (C=O) groups is 2. The van der Waals surface area contributed by atoms with E-state index < -0.39 is 27.8 Å². The fraction of sp³-hybridized carbons (Fsp3) is 0.333. The van der Waals surface area contributed by atoms with E-state index in [2.05, 4.69) is 5.32 Å². The number of nitrogens with one attached hydrogen (secondary N) is 1. The van der Waals surface area contributed by atoms with E-state index >= 15 is 0 Å². The third kappa shape index (κ3) is 4.75. The minimum Gasteiger partial charge on any atom is -0.478 e. The molecular weight excluding hydrogens is 397 g/mol. The summed E-state index contributed by atoms with van der Waals surface area (Å²) in [5.74, 6) is -2.00. The molecule has 0 saturated heterocycles. The van der Waals surface area contributed by atoms with Crippen molar-refractivity contribution in [2.24, 2.45) is 0 Å². The van der Waals surface area contributed by atoms with Crippen LogP contribution in [0.1, 0.15) is 27.6 Å². The summed E-state index contributed by atoms with van der Waals surface area (Å²) in [5.41, 5.74) is -0.0677. The van der Waals surface area contributed by atoms with Crippen LogP contribution in [0.15, 0.2) is 18.2 Å². The zero-order valence-electron chi connectivity index (χ0n) is 10.9. The lowest BCUT2D eigenvalue weighted by molar-refractivity contribution is 0.0690. The first-order valence-corrected chi connectivity index (χ1v) is 8.76. The molecule has 2 N–H and O–H groups in total. The van der Waals surface area contributed by atoms with Gasteiger partial charge in [0.15, 0.2) is 0 Å². The third-order valence-corrected chi connectivity index (χ3v) is 4.41. The zero-order valence-corrected chi connectivity index (χ0v) is 13.9. The van der Waals surface area contributed by atoms with Crippen LogP contribution in [0.25, 0.3) is 0 Å². The van der Waals surface area contributed by atoms with Gasteiger partial charge in [-0.3, -0.25) is 4.79 Å². The Morgan fingerprint density at radius 1 is 1.40 bits per heavy atom. The number of aromatic carboxylic acids is 1. The monoisotopic (exact) mass is 411 g/mol. The normalized spacial score (nSPS) is 12.8. The predicted molar refractivity (Wildman–Crippen MR) is 82.8 cm³/mol. The lowest BCUT2D eigenvalue weighted by Crippen LogP contribution is -2.38. The molecule has 110 valence electrons. The number of carboxylic acid groups (broad SMARTS) is 1. The second-order valence-electron chi connectivity index (χ2n) is 4.43. The number of hydrogen-bond acceptors (Lipinski definition) is 4. The molecule has 1 aromatic carbocycles. The van der Waals surface area contributed by atoms with Crippen LogP contribution in [-0.2, 0) is 9.84 Å². The second kappa shape index (κ2) is 6.53. The fourth-order valence-corrected chi connectivity index (χ4v) is 3.46. The molecule has 1 amide bonds. The molecule has 0 radical (unpaired) electrons. The van der Waals surface area contributed by atoms with Crippen molar-refractivity contribution >= 4 is 44.3 Å². The van der Waals surface area contributed by atoms with E-state index in [0.717, 1.165) is 6.26 Å². The minimum absolute atomic E-state index is 0.0425. The van der Waals surface area contributed by atoms with E-state index in [9.17, 15) is 18.0 Å². The molecule has 1 atom stereocenters. The lowest BCUT2D eigenvalue weighted by Gasteiger charge is -2.14. The highest BCUT2D eigenvalue weighted by Gasteiger charge is 2.21. The highest BCUT2D eigenvalue weighted by Crippen LogP contribution is 2.17. The Hall–Kier alpha value is -1.16. The van der Waals surface area contributed by atoms with Crippen LogP contribution in [0, 0.1) is 3.57 Å². The first-order valence-electron chi connectivity index (χ1n) is 5.62. The summed E-state index contributed by atoms with van der Waals surface area (Å²) in [6, 6.07) is 3.89. The van der Waals surface area contributed by atoms with Gasteiger partial charge >= 0.3 is 5.97 Å². The number of amides is 1. The van der Waals surface area contributed by atoms with Crippen LogP contribution in [-0.4, -0.2) is 43.5 Å². The Morgan fingerprint density at radius 2 is 2.00 bits per heavy atom. The number of rotatable bonds is 5. The van der Waals surface area contributed by atoms with Gasteiger partial charge in [0.2, 0.25) is 0 Å². The number of carboxylic acids is 1. The van der Waals surface area contributed by atoms with E-state index in [4.69, 9.17) is 5.11 Å². The first-order chi connectivity index (χ1) is 9.11. The standard InChI is InChI=1S/C12H14INO5S/c1-7(6-20(2,18)19)14-11(15)10-8(12(16)17)4-3-5-9(10)13/h3-5,7H,6H2,1-2H3,(H,14,15)(H,16,17)/t7-/m0/s1. The van der Waals surface area contributed by atoms with Crippen LogP contribution in [0.4, 0.5) is 0 Å². The van der Waals surface area contributed by atoms with Crippen molar-refractivity contribution in [2.75, 3.05) is 12.0 Å². The van der Waals surface area contributed by atoms with Crippen molar-refractivity contribution in [1.29, 1.82) is 0 Å². The van der Waals surface area contributed by atoms with Gasteiger partial charge in [-0.1, -0.05) is 6.07 Å². The second-order valence-corrected chi connectivity index (χ2v) is 7.78. The summed E-state index contributed by atoms with van der Waals surface area (Å²) in [5, 5.41) is 11.6. The molecule has 0 heterocycles. The quantitative estimate of drug-likeness (QED) is 0.709.